The van der Waals surface area contributed by atoms with Gasteiger partial charge < -0.3 is 9.67 Å². The van der Waals surface area contributed by atoms with Crippen molar-refractivity contribution >= 4 is 34.3 Å². The van der Waals surface area contributed by atoms with Gasteiger partial charge >= 0.3 is 5.97 Å². The summed E-state index contributed by atoms with van der Waals surface area (Å²) >= 11 is 5.91. The molecule has 0 radical (unpaired) electrons. The summed E-state index contributed by atoms with van der Waals surface area (Å²) in [5.74, 6) is -1.11. The number of benzene rings is 1. The molecule has 0 aliphatic rings. The zero-order valence-corrected chi connectivity index (χ0v) is 13.4. The maximum atomic E-state index is 12.4. The molecule has 0 unspecified atom stereocenters. The monoisotopic (exact) mass is 355 g/mol. The molecular weight excluding hydrogens is 346 g/mol. The van der Waals surface area contributed by atoms with Crippen molar-refractivity contribution in [2.45, 2.75) is 6.54 Å². The number of rotatable bonds is 3. The van der Waals surface area contributed by atoms with Gasteiger partial charge in [-0.15, -0.1) is 10.2 Å². The molecule has 1 aromatic carbocycles. The van der Waals surface area contributed by atoms with Crippen LogP contribution < -0.4 is 5.56 Å². The van der Waals surface area contributed by atoms with Crippen molar-refractivity contribution in [2.24, 2.45) is 0 Å². The molecule has 25 heavy (non-hydrogen) atoms. The molecule has 0 aliphatic heterocycles. The Labute approximate surface area is 144 Å². The smallest absolute Gasteiger partial charge is 0.323 e. The lowest BCUT2D eigenvalue weighted by molar-refractivity contribution is -0.137. The molecule has 0 atom stereocenters. The van der Waals surface area contributed by atoms with Crippen LogP contribution >= 0.6 is 11.6 Å². The topological polar surface area (TPSA) is 102 Å². The summed E-state index contributed by atoms with van der Waals surface area (Å²) in [7, 11) is 0. The molecule has 0 amide bonds. The molecule has 0 spiro atoms. The molecule has 4 rings (SSSR count). The van der Waals surface area contributed by atoms with Crippen molar-refractivity contribution in [1.29, 1.82) is 0 Å². The number of carbonyl (C=O) groups is 1. The first kappa shape index (κ1) is 15.3. The number of aromatic nitrogens is 5. The molecule has 8 nitrogen and oxygen atoms in total. The molecule has 3 heterocycles. The molecule has 0 aliphatic carbocycles. The normalized spacial score (nSPS) is 11.2. The molecular formula is C16H10ClN5O3. The van der Waals surface area contributed by atoms with Crippen LogP contribution in [0.4, 0.5) is 0 Å². The number of aliphatic carboxylic acids is 1. The highest BCUT2D eigenvalue weighted by Gasteiger charge is 2.14. The van der Waals surface area contributed by atoms with Crippen molar-refractivity contribution in [1.82, 2.24) is 24.4 Å². The third-order valence-corrected chi connectivity index (χ3v) is 4.05. The number of fused-ring (bicyclic) bond motifs is 3. The fourth-order valence-corrected chi connectivity index (χ4v) is 2.76. The minimum absolute atomic E-state index is 0.0574. The standard InChI is InChI=1S/C16H10ClN5O3/c17-10-3-1-9(2-4-10)11-7-18-22-12-5-6-21(8-13(23)24)16(25)14(12)19-20-15(11)22/h1-7H,8H2,(H,23,24). The minimum Gasteiger partial charge on any atom is -0.480 e. The first-order chi connectivity index (χ1) is 12.0. The van der Waals surface area contributed by atoms with Crippen molar-refractivity contribution in [2.75, 3.05) is 0 Å². The number of carboxylic acid groups (broad SMARTS) is 1. The number of carboxylic acids is 1. The predicted octanol–water partition coefficient (Wildman–Crippen LogP) is 1.84. The second-order valence-electron chi connectivity index (χ2n) is 5.38. The zero-order valence-electron chi connectivity index (χ0n) is 12.6. The average molecular weight is 356 g/mol. The second kappa shape index (κ2) is 5.67. The summed E-state index contributed by atoms with van der Waals surface area (Å²) in [5.41, 5.74) is 2.09. The Hall–Kier alpha value is -3.26. The summed E-state index contributed by atoms with van der Waals surface area (Å²) in [6.45, 7) is -0.441. The molecule has 9 heteroatoms. The summed E-state index contributed by atoms with van der Waals surface area (Å²) < 4.78 is 2.58. The maximum absolute atomic E-state index is 12.4. The van der Waals surface area contributed by atoms with Crippen LogP contribution in [-0.2, 0) is 11.3 Å². The Morgan fingerprint density at radius 2 is 1.92 bits per heavy atom. The largest absolute Gasteiger partial charge is 0.480 e. The van der Waals surface area contributed by atoms with Gasteiger partial charge in [-0.1, -0.05) is 23.7 Å². The highest BCUT2D eigenvalue weighted by atomic mass is 35.5. The van der Waals surface area contributed by atoms with Gasteiger partial charge in [0.2, 0.25) is 0 Å². The van der Waals surface area contributed by atoms with Crippen molar-refractivity contribution in [3.63, 3.8) is 0 Å². The van der Waals surface area contributed by atoms with Crippen LogP contribution in [0.25, 0.3) is 27.8 Å². The third-order valence-electron chi connectivity index (χ3n) is 3.80. The van der Waals surface area contributed by atoms with E-state index in [4.69, 9.17) is 16.7 Å². The number of halogens is 1. The van der Waals surface area contributed by atoms with E-state index >= 15 is 0 Å². The zero-order chi connectivity index (χ0) is 17.6. The van der Waals surface area contributed by atoms with Gasteiger partial charge in [0.15, 0.2) is 11.2 Å². The maximum Gasteiger partial charge on any atom is 0.323 e. The van der Waals surface area contributed by atoms with Gasteiger partial charge in [-0.3, -0.25) is 9.59 Å². The van der Waals surface area contributed by atoms with E-state index in [0.717, 1.165) is 15.7 Å². The van der Waals surface area contributed by atoms with Crippen LogP contribution in [0.2, 0.25) is 5.02 Å². The van der Waals surface area contributed by atoms with Gasteiger partial charge in [0, 0.05) is 16.8 Å². The van der Waals surface area contributed by atoms with Gasteiger partial charge in [0.1, 0.15) is 12.1 Å². The van der Waals surface area contributed by atoms with Crippen LogP contribution in [0.3, 0.4) is 0 Å². The molecule has 0 saturated carbocycles. The lowest BCUT2D eigenvalue weighted by Crippen LogP contribution is -2.25. The summed E-state index contributed by atoms with van der Waals surface area (Å²) in [6, 6.07) is 8.81. The molecule has 4 aromatic rings. The van der Waals surface area contributed by atoms with E-state index in [9.17, 15) is 9.59 Å². The van der Waals surface area contributed by atoms with Crippen LogP contribution in [0.15, 0.2) is 47.5 Å². The third kappa shape index (κ3) is 2.52. The number of nitrogens with zero attached hydrogens (tertiary/aromatic N) is 5. The van der Waals surface area contributed by atoms with Crippen molar-refractivity contribution in [3.8, 4) is 11.1 Å². The number of hydrogen-bond acceptors (Lipinski definition) is 5. The van der Waals surface area contributed by atoms with Crippen LogP contribution in [0.1, 0.15) is 0 Å². The predicted molar refractivity (Wildman–Crippen MR) is 90.6 cm³/mol. The summed E-state index contributed by atoms with van der Waals surface area (Å²) in [4.78, 5) is 23.2. The molecule has 1 N–H and O–H groups in total. The van der Waals surface area contributed by atoms with E-state index in [0.29, 0.717) is 16.2 Å². The van der Waals surface area contributed by atoms with Gasteiger partial charge in [0.05, 0.1) is 6.20 Å². The van der Waals surface area contributed by atoms with E-state index < -0.39 is 18.1 Å². The Morgan fingerprint density at radius 3 is 2.64 bits per heavy atom. The minimum atomic E-state index is -1.11. The fraction of sp³-hybridized carbons (Fsp3) is 0.0625. The first-order valence-electron chi connectivity index (χ1n) is 7.26. The van der Waals surface area contributed by atoms with Crippen molar-refractivity contribution < 1.29 is 9.90 Å². The summed E-state index contributed by atoms with van der Waals surface area (Å²) in [5, 5.41) is 21.9. The summed E-state index contributed by atoms with van der Waals surface area (Å²) in [6.07, 6.45) is 3.04. The number of hydrogen-bond donors (Lipinski definition) is 1. The Kier molecular flexibility index (Phi) is 3.47. The fourth-order valence-electron chi connectivity index (χ4n) is 2.63. The Bertz CT molecular complexity index is 1180. The molecule has 124 valence electrons. The highest BCUT2D eigenvalue weighted by molar-refractivity contribution is 6.30. The van der Waals surface area contributed by atoms with Crippen LogP contribution in [-0.4, -0.2) is 35.5 Å². The number of pyridine rings is 1. The molecule has 0 fully saturated rings. The van der Waals surface area contributed by atoms with Gasteiger partial charge in [0.25, 0.3) is 5.56 Å². The highest BCUT2D eigenvalue weighted by Crippen LogP contribution is 2.25. The average Bonchev–Trinajstić information content (AvgIpc) is 3.02. The van der Waals surface area contributed by atoms with E-state index in [-0.39, 0.29) is 5.52 Å². The quantitative estimate of drug-likeness (QED) is 0.601. The van der Waals surface area contributed by atoms with E-state index in [1.807, 2.05) is 12.1 Å². The van der Waals surface area contributed by atoms with E-state index in [1.54, 1.807) is 24.4 Å². The van der Waals surface area contributed by atoms with Gasteiger partial charge in [-0.05, 0) is 23.8 Å². The van der Waals surface area contributed by atoms with Gasteiger partial charge in [-0.25, -0.2) is 4.52 Å². The van der Waals surface area contributed by atoms with Crippen LogP contribution in [0, 0.1) is 0 Å². The molecule has 0 bridgehead atoms. The van der Waals surface area contributed by atoms with Crippen molar-refractivity contribution in [3.05, 3.63) is 58.1 Å². The molecule has 0 saturated heterocycles. The van der Waals surface area contributed by atoms with E-state index in [2.05, 4.69) is 15.3 Å². The SMILES string of the molecule is O=C(O)Cn1ccc2c(nnc3c(-c4ccc(Cl)cc4)cnn32)c1=O. The first-order valence-corrected chi connectivity index (χ1v) is 7.64. The Balaban J connectivity index is 1.94. The van der Waals surface area contributed by atoms with E-state index in [1.165, 1.54) is 10.7 Å². The van der Waals surface area contributed by atoms with Gasteiger partial charge in [-0.2, -0.15) is 5.10 Å². The Morgan fingerprint density at radius 1 is 1.16 bits per heavy atom. The second-order valence-corrected chi connectivity index (χ2v) is 5.81. The lowest BCUT2D eigenvalue weighted by Gasteiger charge is -2.05. The lowest BCUT2D eigenvalue weighted by atomic mass is 10.1. The van der Waals surface area contributed by atoms with Crippen LogP contribution in [0.5, 0.6) is 0 Å². The molecule has 3 aromatic heterocycles.